The molecule has 4 aromatic heterocycles. The molecule has 0 unspecified atom stereocenters. The van der Waals surface area contributed by atoms with Gasteiger partial charge in [0.1, 0.15) is 17.0 Å². The number of carbonyl (C=O) groups is 1. The Bertz CT molecular complexity index is 1500. The van der Waals surface area contributed by atoms with Crippen LogP contribution < -0.4 is 16.0 Å². The fraction of sp³-hybridized carbons (Fsp3) is 0.120. The van der Waals surface area contributed by atoms with Crippen LogP contribution >= 0.6 is 0 Å². The van der Waals surface area contributed by atoms with Crippen LogP contribution in [0.1, 0.15) is 12.6 Å². The van der Waals surface area contributed by atoms with Crippen molar-refractivity contribution in [1.82, 2.24) is 35.2 Å². The first kappa shape index (κ1) is 22.8. The maximum absolute atomic E-state index is 14.7. The first-order valence-electron chi connectivity index (χ1n) is 11.3. The van der Waals surface area contributed by atoms with Gasteiger partial charge < -0.3 is 15.6 Å². The van der Waals surface area contributed by atoms with Gasteiger partial charge in [-0.3, -0.25) is 15.3 Å². The van der Waals surface area contributed by atoms with Gasteiger partial charge in [0.15, 0.2) is 0 Å². The second kappa shape index (κ2) is 10.1. The van der Waals surface area contributed by atoms with E-state index in [4.69, 9.17) is 0 Å². The third-order valence-corrected chi connectivity index (χ3v) is 5.31. The summed E-state index contributed by atoms with van der Waals surface area (Å²) in [6, 6.07) is 11.8. The molecule has 0 saturated heterocycles. The smallest absolute Gasteiger partial charge is 0.321 e. The Morgan fingerprint density at radius 3 is 2.58 bits per heavy atom. The van der Waals surface area contributed by atoms with Crippen LogP contribution in [0.5, 0.6) is 0 Å². The van der Waals surface area contributed by atoms with Gasteiger partial charge in [-0.05, 0) is 48.9 Å². The van der Waals surface area contributed by atoms with Gasteiger partial charge in [0, 0.05) is 42.5 Å². The molecule has 0 aliphatic rings. The molecule has 5 rings (SSSR count). The zero-order chi connectivity index (χ0) is 24.9. The number of aromatic nitrogens is 6. The Labute approximate surface area is 205 Å². The molecule has 0 fully saturated rings. The van der Waals surface area contributed by atoms with E-state index < -0.39 is 11.8 Å². The Balaban J connectivity index is 1.49. The summed E-state index contributed by atoms with van der Waals surface area (Å²) in [6.07, 6.45) is 6.60. The predicted octanol–water partition coefficient (Wildman–Crippen LogP) is 4.37. The monoisotopic (exact) mass is 483 g/mol. The average molecular weight is 484 g/mol. The van der Waals surface area contributed by atoms with Gasteiger partial charge in [0.2, 0.25) is 11.9 Å². The third-order valence-electron chi connectivity index (χ3n) is 5.31. The lowest BCUT2D eigenvalue weighted by atomic mass is 10.0. The molecule has 36 heavy (non-hydrogen) atoms. The highest BCUT2D eigenvalue weighted by molar-refractivity contribution is 5.98. The van der Waals surface area contributed by atoms with Crippen LogP contribution in [0.3, 0.4) is 0 Å². The maximum atomic E-state index is 14.7. The van der Waals surface area contributed by atoms with Gasteiger partial charge in [0.25, 0.3) is 0 Å². The van der Waals surface area contributed by atoms with E-state index >= 15 is 0 Å². The van der Waals surface area contributed by atoms with E-state index in [1.165, 1.54) is 18.3 Å². The number of amides is 2. The van der Waals surface area contributed by atoms with Gasteiger partial charge in [0.05, 0.1) is 17.8 Å². The molecule has 4 heterocycles. The number of hydrogen-bond donors (Lipinski definition) is 4. The zero-order valence-electron chi connectivity index (χ0n) is 19.3. The summed E-state index contributed by atoms with van der Waals surface area (Å²) in [5.41, 5.74) is 3.99. The van der Waals surface area contributed by atoms with E-state index in [-0.39, 0.29) is 11.6 Å². The van der Waals surface area contributed by atoms with E-state index in [1.807, 2.05) is 31.2 Å². The number of imidazole rings is 1. The van der Waals surface area contributed by atoms with E-state index in [9.17, 15) is 9.18 Å². The fourth-order valence-electron chi connectivity index (χ4n) is 3.66. The number of nitrogens with zero attached hydrogens (tertiary/aromatic N) is 5. The van der Waals surface area contributed by atoms with E-state index in [2.05, 4.69) is 45.9 Å². The lowest BCUT2D eigenvalue weighted by Crippen LogP contribution is -2.28. The summed E-state index contributed by atoms with van der Waals surface area (Å²) >= 11 is 0. The number of aromatic amines is 1. The minimum absolute atomic E-state index is 0.148. The Morgan fingerprint density at radius 1 is 1.00 bits per heavy atom. The highest BCUT2D eigenvalue weighted by Crippen LogP contribution is 2.33. The Hall–Kier alpha value is -4.93. The lowest BCUT2D eigenvalue weighted by Gasteiger charge is -2.08. The number of carbonyl (C=O) groups excluding carboxylic acids is 1. The second-order valence-electron chi connectivity index (χ2n) is 7.79. The molecule has 0 aliphatic heterocycles. The van der Waals surface area contributed by atoms with Gasteiger partial charge in [-0.15, -0.1) is 0 Å². The number of anilines is 2. The minimum Gasteiger partial charge on any atom is -0.349 e. The fourth-order valence-corrected chi connectivity index (χ4v) is 3.66. The molecule has 0 saturated carbocycles. The van der Waals surface area contributed by atoms with Crippen molar-refractivity contribution in [2.75, 3.05) is 17.2 Å². The maximum Gasteiger partial charge on any atom is 0.321 e. The molecule has 0 radical (unpaired) electrons. The van der Waals surface area contributed by atoms with Crippen LogP contribution in [0.4, 0.5) is 21.1 Å². The lowest BCUT2D eigenvalue weighted by molar-refractivity contribution is 0.252. The van der Waals surface area contributed by atoms with Crippen LogP contribution in [0.15, 0.2) is 67.3 Å². The first-order chi connectivity index (χ1) is 17.6. The molecule has 10 nitrogen and oxygen atoms in total. The summed E-state index contributed by atoms with van der Waals surface area (Å²) in [6.45, 7) is 2.77. The van der Waals surface area contributed by atoms with Crippen molar-refractivity contribution in [1.29, 1.82) is 0 Å². The quantitative estimate of drug-likeness (QED) is 0.270. The van der Waals surface area contributed by atoms with Crippen molar-refractivity contribution in [2.24, 2.45) is 0 Å². The third kappa shape index (κ3) is 4.94. The number of fused-ring (bicyclic) bond motifs is 1. The molecule has 0 bridgehead atoms. The number of rotatable bonds is 7. The molecular weight excluding hydrogens is 461 g/mol. The van der Waals surface area contributed by atoms with Crippen LogP contribution in [-0.2, 0) is 6.54 Å². The second-order valence-corrected chi connectivity index (χ2v) is 7.79. The van der Waals surface area contributed by atoms with Crippen LogP contribution in [0.2, 0.25) is 0 Å². The van der Waals surface area contributed by atoms with Crippen molar-refractivity contribution in [2.45, 2.75) is 13.5 Å². The summed E-state index contributed by atoms with van der Waals surface area (Å²) in [4.78, 5) is 36.8. The van der Waals surface area contributed by atoms with Gasteiger partial charge in [-0.1, -0.05) is 6.07 Å². The number of H-pyrrole nitrogens is 1. The summed E-state index contributed by atoms with van der Waals surface area (Å²) in [5.74, 6) is 0.204. The molecule has 0 spiro atoms. The highest BCUT2D eigenvalue weighted by Gasteiger charge is 2.17. The normalized spacial score (nSPS) is 10.8. The molecule has 4 N–H and O–H groups in total. The Kier molecular flexibility index (Phi) is 6.43. The highest BCUT2D eigenvalue weighted by atomic mass is 19.1. The first-order valence-corrected chi connectivity index (χ1v) is 11.3. The van der Waals surface area contributed by atoms with Crippen molar-refractivity contribution in [3.63, 3.8) is 0 Å². The zero-order valence-corrected chi connectivity index (χ0v) is 19.3. The molecule has 2 amide bonds. The van der Waals surface area contributed by atoms with Crippen LogP contribution in [0, 0.1) is 5.82 Å². The topological polar surface area (TPSA) is 133 Å². The predicted molar refractivity (Wildman–Crippen MR) is 135 cm³/mol. The summed E-state index contributed by atoms with van der Waals surface area (Å²) in [7, 11) is 0. The van der Waals surface area contributed by atoms with Crippen LogP contribution in [0.25, 0.3) is 33.4 Å². The standard InChI is InChI=1S/C25H22FN9O/c1-2-27-25(36)35-24-33-20-11-15(10-18(22(20)34-24)21-19(26)7-5-9-29-21)16-12-30-23(31-13-16)32-14-17-6-3-4-8-28-17/h3-13H,2,14H2,1H3,(H,30,31,32)(H3,27,33,34,35,36). The van der Waals surface area contributed by atoms with Crippen molar-refractivity contribution >= 4 is 29.0 Å². The van der Waals surface area contributed by atoms with Crippen molar-refractivity contribution in [3.05, 3.63) is 78.8 Å². The number of halogens is 1. The molecular formula is C25H22FN9O. The number of urea groups is 1. The number of hydrogen-bond acceptors (Lipinski definition) is 7. The largest absolute Gasteiger partial charge is 0.349 e. The molecule has 0 aliphatic carbocycles. The number of benzene rings is 1. The van der Waals surface area contributed by atoms with Crippen LogP contribution in [-0.4, -0.2) is 42.5 Å². The van der Waals surface area contributed by atoms with Gasteiger partial charge >= 0.3 is 6.03 Å². The van der Waals surface area contributed by atoms with Gasteiger partial charge in [-0.25, -0.2) is 24.1 Å². The molecule has 1 aromatic carbocycles. The van der Waals surface area contributed by atoms with E-state index in [1.54, 1.807) is 24.7 Å². The summed E-state index contributed by atoms with van der Waals surface area (Å²) < 4.78 is 14.7. The molecule has 5 aromatic rings. The van der Waals surface area contributed by atoms with Crippen molar-refractivity contribution in [3.8, 4) is 22.4 Å². The molecule has 180 valence electrons. The Morgan fingerprint density at radius 2 is 1.83 bits per heavy atom. The SMILES string of the molecule is CCNC(=O)Nc1nc2c(-c3ncccc3F)cc(-c3cnc(NCc4ccccn4)nc3)cc2[nH]1. The van der Waals surface area contributed by atoms with Gasteiger partial charge in [-0.2, -0.15) is 0 Å². The number of pyridine rings is 2. The average Bonchev–Trinajstić information content (AvgIpc) is 3.30. The number of nitrogens with one attached hydrogen (secondary N) is 4. The van der Waals surface area contributed by atoms with E-state index in [0.717, 1.165) is 11.3 Å². The minimum atomic E-state index is -0.484. The molecule has 11 heteroatoms. The summed E-state index contributed by atoms with van der Waals surface area (Å²) in [5, 5.41) is 8.44. The van der Waals surface area contributed by atoms with Crippen molar-refractivity contribution < 1.29 is 9.18 Å². The molecule has 0 atom stereocenters. The van der Waals surface area contributed by atoms with E-state index in [0.29, 0.717) is 41.2 Å².